The van der Waals surface area contributed by atoms with Crippen LogP contribution in [0.2, 0.25) is 0 Å². The Bertz CT molecular complexity index is 1020. The molecule has 37 heavy (non-hydrogen) atoms. The van der Waals surface area contributed by atoms with Crippen molar-refractivity contribution in [3.8, 4) is 0 Å². The number of fused-ring (bicyclic) bond motifs is 2. The SMILES string of the molecule is CCCCC(C(N1C(=O)c2ccccc2C1=O)N1C(=O)c2ccccc2C1=O)N(CCCC)CCCC. The van der Waals surface area contributed by atoms with Gasteiger partial charge < -0.3 is 0 Å². The van der Waals surface area contributed by atoms with E-state index in [0.29, 0.717) is 28.7 Å². The van der Waals surface area contributed by atoms with E-state index in [2.05, 4.69) is 25.7 Å². The summed E-state index contributed by atoms with van der Waals surface area (Å²) in [6.07, 6.45) is 5.29. The van der Waals surface area contributed by atoms with Crippen LogP contribution in [0.1, 0.15) is 107 Å². The fourth-order valence-electron chi connectivity index (χ4n) is 5.46. The molecule has 0 saturated carbocycles. The molecule has 0 spiro atoms. The molecule has 4 amide bonds. The van der Waals surface area contributed by atoms with Gasteiger partial charge >= 0.3 is 0 Å². The third-order valence-corrected chi connectivity index (χ3v) is 7.44. The topological polar surface area (TPSA) is 78.0 Å². The van der Waals surface area contributed by atoms with Crippen LogP contribution in [0.3, 0.4) is 0 Å². The summed E-state index contributed by atoms with van der Waals surface area (Å²) < 4.78 is 0. The highest BCUT2D eigenvalue weighted by atomic mass is 16.2. The van der Waals surface area contributed by atoms with E-state index in [1.54, 1.807) is 48.5 Å². The molecule has 1 atom stereocenters. The highest BCUT2D eigenvalue weighted by Crippen LogP contribution is 2.35. The molecule has 0 aliphatic carbocycles. The molecule has 0 radical (unpaired) electrons. The predicted octanol–water partition coefficient (Wildman–Crippen LogP) is 5.37. The zero-order valence-corrected chi connectivity index (χ0v) is 22.1. The second-order valence-corrected chi connectivity index (χ2v) is 9.92. The van der Waals surface area contributed by atoms with Crippen molar-refractivity contribution in [2.45, 2.75) is 77.9 Å². The number of amides is 4. The maximum Gasteiger partial charge on any atom is 0.263 e. The standard InChI is InChI=1S/C30H37N3O4/c1-4-7-18-25(31(19-8-5-2)20-9-6-3)26(32-27(34)21-14-10-11-15-22(21)28(32)35)33-29(36)23-16-12-13-17-24(23)30(33)37/h10-17,25-26H,4-9,18-20H2,1-3H3. The van der Waals surface area contributed by atoms with E-state index in [9.17, 15) is 19.2 Å². The van der Waals surface area contributed by atoms with Gasteiger partial charge in [0, 0.05) is 6.04 Å². The van der Waals surface area contributed by atoms with Gasteiger partial charge in [0.15, 0.2) is 0 Å². The van der Waals surface area contributed by atoms with E-state index in [1.807, 2.05) is 0 Å². The third-order valence-electron chi connectivity index (χ3n) is 7.44. The molecule has 1 unspecified atom stereocenters. The van der Waals surface area contributed by atoms with Crippen LogP contribution in [0.4, 0.5) is 0 Å². The van der Waals surface area contributed by atoms with E-state index < -0.39 is 29.8 Å². The number of nitrogens with zero attached hydrogens (tertiary/aromatic N) is 3. The molecule has 2 heterocycles. The molecule has 0 saturated heterocycles. The molecule has 196 valence electrons. The molecule has 0 fully saturated rings. The van der Waals surface area contributed by atoms with Crippen LogP contribution < -0.4 is 0 Å². The number of benzene rings is 2. The Morgan fingerprint density at radius 1 is 0.595 bits per heavy atom. The minimum absolute atomic E-state index is 0.317. The van der Waals surface area contributed by atoms with Crippen molar-refractivity contribution < 1.29 is 19.2 Å². The maximum absolute atomic E-state index is 13.8. The van der Waals surface area contributed by atoms with Crippen LogP contribution in [-0.4, -0.2) is 63.6 Å². The molecule has 7 nitrogen and oxygen atoms in total. The van der Waals surface area contributed by atoms with E-state index >= 15 is 0 Å². The van der Waals surface area contributed by atoms with E-state index in [4.69, 9.17) is 0 Å². The largest absolute Gasteiger partial charge is 0.296 e. The van der Waals surface area contributed by atoms with Crippen molar-refractivity contribution in [1.29, 1.82) is 0 Å². The lowest BCUT2D eigenvalue weighted by atomic mass is 10.0. The average molecular weight is 504 g/mol. The van der Waals surface area contributed by atoms with E-state index in [1.165, 1.54) is 9.80 Å². The van der Waals surface area contributed by atoms with Gasteiger partial charge in [0.1, 0.15) is 6.17 Å². The predicted molar refractivity (Wildman–Crippen MR) is 142 cm³/mol. The lowest BCUT2D eigenvalue weighted by molar-refractivity contribution is -0.000617. The van der Waals surface area contributed by atoms with Crippen LogP contribution >= 0.6 is 0 Å². The third kappa shape index (κ3) is 4.97. The maximum atomic E-state index is 13.8. The minimum Gasteiger partial charge on any atom is -0.296 e. The first-order valence-corrected chi connectivity index (χ1v) is 13.6. The molecule has 2 aliphatic rings. The highest BCUT2D eigenvalue weighted by Gasteiger charge is 2.52. The van der Waals surface area contributed by atoms with Crippen molar-refractivity contribution in [3.05, 3.63) is 70.8 Å². The lowest BCUT2D eigenvalue weighted by Crippen LogP contribution is -2.63. The van der Waals surface area contributed by atoms with Crippen LogP contribution in [0.5, 0.6) is 0 Å². The summed E-state index contributed by atoms with van der Waals surface area (Å²) in [5.41, 5.74) is 1.27. The molecule has 0 aromatic heterocycles. The van der Waals surface area contributed by atoms with Gasteiger partial charge in [-0.15, -0.1) is 0 Å². The van der Waals surface area contributed by atoms with Gasteiger partial charge in [-0.3, -0.25) is 33.9 Å². The summed E-state index contributed by atoms with van der Waals surface area (Å²) >= 11 is 0. The molecule has 4 rings (SSSR count). The Balaban J connectivity index is 1.85. The number of hydrogen-bond acceptors (Lipinski definition) is 5. The summed E-state index contributed by atoms with van der Waals surface area (Å²) in [5, 5.41) is 0. The second kappa shape index (κ2) is 11.8. The lowest BCUT2D eigenvalue weighted by Gasteiger charge is -2.43. The van der Waals surface area contributed by atoms with Gasteiger partial charge in [-0.25, -0.2) is 0 Å². The normalized spacial score (nSPS) is 15.8. The Morgan fingerprint density at radius 3 is 1.27 bits per heavy atom. The summed E-state index contributed by atoms with van der Waals surface area (Å²) in [6.45, 7) is 7.90. The molecule has 2 aromatic carbocycles. The van der Waals surface area contributed by atoms with Crippen molar-refractivity contribution in [2.24, 2.45) is 0 Å². The zero-order valence-electron chi connectivity index (χ0n) is 22.1. The Hall–Kier alpha value is -3.32. The number of unbranched alkanes of at least 4 members (excludes halogenated alkanes) is 3. The van der Waals surface area contributed by atoms with E-state index in [-0.39, 0.29) is 6.04 Å². The first kappa shape index (κ1) is 26.7. The number of rotatable bonds is 13. The Kier molecular flexibility index (Phi) is 8.54. The quantitative estimate of drug-likeness (QED) is 0.344. The van der Waals surface area contributed by atoms with Gasteiger partial charge in [-0.05, 0) is 56.6 Å². The number of carbonyl (C=O) groups is 4. The smallest absolute Gasteiger partial charge is 0.263 e. The first-order valence-electron chi connectivity index (χ1n) is 13.6. The average Bonchev–Trinajstić information content (AvgIpc) is 3.32. The van der Waals surface area contributed by atoms with Crippen LogP contribution in [0.25, 0.3) is 0 Å². The molecule has 0 N–H and O–H groups in total. The molecule has 7 heteroatoms. The molecule has 0 bridgehead atoms. The molecule has 2 aliphatic heterocycles. The summed E-state index contributed by atoms with van der Waals surface area (Å²) in [5.74, 6) is -1.80. The first-order chi connectivity index (χ1) is 18.0. The fraction of sp³-hybridized carbons (Fsp3) is 0.467. The van der Waals surface area contributed by atoms with Gasteiger partial charge in [-0.2, -0.15) is 0 Å². The number of imide groups is 2. The van der Waals surface area contributed by atoms with Gasteiger partial charge in [-0.1, -0.05) is 70.7 Å². The Labute approximate surface area is 219 Å². The van der Waals surface area contributed by atoms with Gasteiger partial charge in [0.2, 0.25) is 0 Å². The van der Waals surface area contributed by atoms with Crippen molar-refractivity contribution in [1.82, 2.24) is 14.7 Å². The molecular formula is C30H37N3O4. The van der Waals surface area contributed by atoms with Gasteiger partial charge in [0.25, 0.3) is 23.6 Å². The number of carbonyl (C=O) groups excluding carboxylic acids is 4. The highest BCUT2D eigenvalue weighted by molar-refractivity contribution is 6.24. The second-order valence-electron chi connectivity index (χ2n) is 9.92. The van der Waals surface area contributed by atoms with Crippen LogP contribution in [0, 0.1) is 0 Å². The van der Waals surface area contributed by atoms with Crippen molar-refractivity contribution in [3.63, 3.8) is 0 Å². The summed E-state index contributed by atoms with van der Waals surface area (Å²) in [6, 6.07) is 13.1. The molecule has 2 aromatic rings. The monoisotopic (exact) mass is 503 g/mol. The Morgan fingerprint density at radius 2 is 0.946 bits per heavy atom. The zero-order chi connectivity index (χ0) is 26.5. The molecular weight excluding hydrogens is 466 g/mol. The summed E-state index contributed by atoms with van der Waals surface area (Å²) in [4.78, 5) is 59.7. The van der Waals surface area contributed by atoms with Gasteiger partial charge in [0.05, 0.1) is 22.3 Å². The number of hydrogen-bond donors (Lipinski definition) is 0. The van der Waals surface area contributed by atoms with Crippen molar-refractivity contribution >= 4 is 23.6 Å². The minimum atomic E-state index is -1.03. The van der Waals surface area contributed by atoms with E-state index in [0.717, 1.165) is 51.6 Å². The van der Waals surface area contributed by atoms with Crippen LogP contribution in [-0.2, 0) is 0 Å². The van der Waals surface area contributed by atoms with Crippen molar-refractivity contribution in [2.75, 3.05) is 13.1 Å². The van der Waals surface area contributed by atoms with Crippen LogP contribution in [0.15, 0.2) is 48.5 Å². The summed E-state index contributed by atoms with van der Waals surface area (Å²) in [7, 11) is 0. The fourth-order valence-corrected chi connectivity index (χ4v) is 5.46.